The molecule has 1 aromatic rings. The first-order valence-electron chi connectivity index (χ1n) is 8.14. The quantitative estimate of drug-likeness (QED) is 0.552. The molecule has 1 fully saturated rings. The Kier molecular flexibility index (Phi) is 6.65. The van der Waals surface area contributed by atoms with Crippen LogP contribution in [0.1, 0.15) is 19.8 Å². The van der Waals surface area contributed by atoms with E-state index in [1.807, 2.05) is 11.9 Å². The van der Waals surface area contributed by atoms with Crippen molar-refractivity contribution in [1.82, 2.24) is 9.62 Å². The van der Waals surface area contributed by atoms with E-state index in [-0.39, 0.29) is 6.61 Å². The summed E-state index contributed by atoms with van der Waals surface area (Å²) < 4.78 is 58.5. The number of thiol groups is 1. The van der Waals surface area contributed by atoms with Gasteiger partial charge in [0.25, 0.3) is 0 Å². The second-order valence-corrected chi connectivity index (χ2v) is 8.86. The molecule has 1 heterocycles. The molecule has 0 aliphatic carbocycles. The fourth-order valence-corrected chi connectivity index (χ4v) is 4.59. The maximum Gasteiger partial charge on any atom is 0.325 e. The Hall–Kier alpha value is -1.23. The Balaban J connectivity index is 2.35. The number of carbonyl (C=O) groups is 1. The van der Waals surface area contributed by atoms with Crippen LogP contribution in [0.15, 0.2) is 23.1 Å². The Bertz CT molecular complexity index is 766. The van der Waals surface area contributed by atoms with Gasteiger partial charge in [-0.2, -0.15) is 17.4 Å². The van der Waals surface area contributed by atoms with Gasteiger partial charge < -0.3 is 9.64 Å². The number of benzene rings is 1. The standard InChI is InChI=1S/C16H22F2N2O4S2/c1-3-24-15(21)14(16(25)6-8-20(2)9-7-16)19-26(22,23)13-5-4-11(17)10-12(13)18/h4-5,10,14,19,25H,3,6-9H2,1-2H3. The predicted octanol–water partition coefficient (Wildman–Crippen LogP) is 1.57. The van der Waals surface area contributed by atoms with Gasteiger partial charge >= 0.3 is 5.97 Å². The van der Waals surface area contributed by atoms with E-state index in [2.05, 4.69) is 17.4 Å². The summed E-state index contributed by atoms with van der Waals surface area (Å²) in [5.74, 6) is -2.92. The number of sulfonamides is 1. The van der Waals surface area contributed by atoms with Crippen molar-refractivity contribution in [3.05, 3.63) is 29.8 Å². The molecule has 6 nitrogen and oxygen atoms in total. The third kappa shape index (κ3) is 4.73. The van der Waals surface area contributed by atoms with E-state index in [1.165, 1.54) is 0 Å². The summed E-state index contributed by atoms with van der Waals surface area (Å²) in [5.41, 5.74) is 0. The minimum atomic E-state index is -4.43. The molecule has 26 heavy (non-hydrogen) atoms. The molecule has 2 rings (SSSR count). The summed E-state index contributed by atoms with van der Waals surface area (Å²) in [6.45, 7) is 2.90. The molecule has 0 aromatic heterocycles. The first-order chi connectivity index (χ1) is 12.1. The van der Waals surface area contributed by atoms with Gasteiger partial charge in [-0.1, -0.05) is 0 Å². The number of hydrogen-bond acceptors (Lipinski definition) is 6. The van der Waals surface area contributed by atoms with E-state index in [4.69, 9.17) is 4.74 Å². The predicted molar refractivity (Wildman–Crippen MR) is 95.5 cm³/mol. The number of piperidine rings is 1. The molecular formula is C16H22F2N2O4S2. The van der Waals surface area contributed by atoms with Crippen LogP contribution in [-0.2, 0) is 19.6 Å². The van der Waals surface area contributed by atoms with Gasteiger partial charge in [-0.3, -0.25) is 4.79 Å². The highest BCUT2D eigenvalue weighted by molar-refractivity contribution is 7.89. The van der Waals surface area contributed by atoms with Gasteiger partial charge in [-0.25, -0.2) is 17.2 Å². The zero-order valence-corrected chi connectivity index (χ0v) is 16.2. The molecule has 1 atom stereocenters. The molecule has 1 aromatic carbocycles. The van der Waals surface area contributed by atoms with Crippen molar-refractivity contribution in [3.63, 3.8) is 0 Å². The molecule has 0 spiro atoms. The minimum absolute atomic E-state index is 0.0612. The van der Waals surface area contributed by atoms with Crippen molar-refractivity contribution in [2.75, 3.05) is 26.7 Å². The fourth-order valence-electron chi connectivity index (χ4n) is 2.81. The van der Waals surface area contributed by atoms with Crippen LogP contribution in [0.2, 0.25) is 0 Å². The molecular weight excluding hydrogens is 386 g/mol. The molecule has 0 bridgehead atoms. The largest absolute Gasteiger partial charge is 0.465 e. The van der Waals surface area contributed by atoms with E-state index in [1.54, 1.807) is 6.92 Å². The molecule has 0 amide bonds. The fraction of sp³-hybridized carbons (Fsp3) is 0.562. The maximum atomic E-state index is 13.9. The van der Waals surface area contributed by atoms with Crippen LogP contribution < -0.4 is 4.72 Å². The van der Waals surface area contributed by atoms with Gasteiger partial charge in [-0.15, -0.1) is 0 Å². The summed E-state index contributed by atoms with van der Waals surface area (Å²) in [6.07, 6.45) is 0.870. The summed E-state index contributed by atoms with van der Waals surface area (Å²) >= 11 is 4.58. The number of rotatable bonds is 6. The van der Waals surface area contributed by atoms with E-state index in [0.717, 1.165) is 12.1 Å². The molecule has 1 saturated heterocycles. The number of esters is 1. The zero-order chi connectivity index (χ0) is 19.5. The lowest BCUT2D eigenvalue weighted by Gasteiger charge is -2.41. The average Bonchev–Trinajstić information content (AvgIpc) is 2.55. The van der Waals surface area contributed by atoms with Gasteiger partial charge in [0.2, 0.25) is 10.0 Å². The van der Waals surface area contributed by atoms with Gasteiger partial charge in [0.15, 0.2) is 0 Å². The van der Waals surface area contributed by atoms with Crippen molar-refractivity contribution in [2.45, 2.75) is 35.4 Å². The minimum Gasteiger partial charge on any atom is -0.465 e. The lowest BCUT2D eigenvalue weighted by Crippen LogP contribution is -2.58. The van der Waals surface area contributed by atoms with E-state index in [9.17, 15) is 22.0 Å². The Labute approximate surface area is 157 Å². The third-order valence-electron chi connectivity index (χ3n) is 4.37. The van der Waals surface area contributed by atoms with Crippen molar-refractivity contribution in [2.24, 2.45) is 0 Å². The number of nitrogens with one attached hydrogen (secondary N) is 1. The average molecular weight is 408 g/mol. The number of nitrogens with zero attached hydrogens (tertiary/aromatic N) is 1. The molecule has 10 heteroatoms. The lowest BCUT2D eigenvalue weighted by molar-refractivity contribution is -0.146. The highest BCUT2D eigenvalue weighted by atomic mass is 32.2. The van der Waals surface area contributed by atoms with Gasteiger partial charge in [0.05, 0.1) is 6.61 Å². The molecule has 1 aliphatic heterocycles. The smallest absolute Gasteiger partial charge is 0.325 e. The SMILES string of the molecule is CCOC(=O)C(NS(=O)(=O)c1ccc(F)cc1F)C1(S)CCN(C)CC1. The number of carbonyl (C=O) groups excluding carboxylic acids is 1. The number of halogens is 2. The lowest BCUT2D eigenvalue weighted by atomic mass is 9.89. The topological polar surface area (TPSA) is 75.7 Å². The summed E-state index contributed by atoms with van der Waals surface area (Å²) in [6, 6.07) is 0.826. The van der Waals surface area contributed by atoms with Gasteiger partial charge in [0, 0.05) is 10.8 Å². The van der Waals surface area contributed by atoms with Crippen LogP contribution in [0.25, 0.3) is 0 Å². The van der Waals surface area contributed by atoms with Crippen LogP contribution in [0.4, 0.5) is 8.78 Å². The summed E-state index contributed by atoms with van der Waals surface area (Å²) in [7, 11) is -2.52. The normalized spacial score (nSPS) is 19.1. The molecule has 0 saturated carbocycles. The Morgan fingerprint density at radius 1 is 1.38 bits per heavy atom. The monoisotopic (exact) mass is 408 g/mol. The first-order valence-corrected chi connectivity index (χ1v) is 10.1. The van der Waals surface area contributed by atoms with Crippen molar-refractivity contribution >= 4 is 28.6 Å². The maximum absolute atomic E-state index is 13.9. The molecule has 0 radical (unpaired) electrons. The van der Waals surface area contributed by atoms with Gasteiger partial charge in [0.1, 0.15) is 22.6 Å². The molecule has 1 aliphatic rings. The molecule has 1 N–H and O–H groups in total. The van der Waals surface area contributed by atoms with E-state index >= 15 is 0 Å². The van der Waals surface area contributed by atoms with E-state index < -0.39 is 43.3 Å². The van der Waals surface area contributed by atoms with Crippen molar-refractivity contribution in [1.29, 1.82) is 0 Å². The Morgan fingerprint density at radius 3 is 2.54 bits per heavy atom. The van der Waals surface area contributed by atoms with Crippen LogP contribution in [0, 0.1) is 11.6 Å². The third-order valence-corrected chi connectivity index (χ3v) is 6.53. The second-order valence-electron chi connectivity index (χ2n) is 6.29. The summed E-state index contributed by atoms with van der Waals surface area (Å²) in [5, 5.41) is 0. The summed E-state index contributed by atoms with van der Waals surface area (Å²) in [4.78, 5) is 13.7. The van der Waals surface area contributed by atoms with Crippen LogP contribution >= 0.6 is 12.6 Å². The van der Waals surface area contributed by atoms with Crippen LogP contribution in [0.5, 0.6) is 0 Å². The Morgan fingerprint density at radius 2 is 2.00 bits per heavy atom. The molecule has 146 valence electrons. The number of ether oxygens (including phenoxy) is 1. The highest BCUT2D eigenvalue weighted by Gasteiger charge is 2.45. The van der Waals surface area contributed by atoms with Gasteiger partial charge in [-0.05, 0) is 52.0 Å². The number of likely N-dealkylation sites (tertiary alicyclic amines) is 1. The number of hydrogen-bond donors (Lipinski definition) is 2. The molecule has 1 unspecified atom stereocenters. The van der Waals surface area contributed by atoms with Crippen molar-refractivity contribution < 1.29 is 26.7 Å². The van der Waals surface area contributed by atoms with Crippen LogP contribution in [0.3, 0.4) is 0 Å². The first kappa shape index (κ1) is 21.1. The van der Waals surface area contributed by atoms with Crippen molar-refractivity contribution in [3.8, 4) is 0 Å². The van der Waals surface area contributed by atoms with Crippen LogP contribution in [-0.4, -0.2) is 56.8 Å². The second kappa shape index (κ2) is 8.20. The zero-order valence-electron chi connectivity index (χ0n) is 14.5. The highest BCUT2D eigenvalue weighted by Crippen LogP contribution is 2.33. The van der Waals surface area contributed by atoms with E-state index in [0.29, 0.717) is 32.0 Å².